The molecule has 1 N–H and O–H groups in total. The van der Waals surface area contributed by atoms with Gasteiger partial charge < -0.3 is 9.73 Å². The molecule has 0 aromatic carbocycles. The maximum absolute atomic E-state index is 5.44. The van der Waals surface area contributed by atoms with Gasteiger partial charge in [0.2, 0.25) is 0 Å². The summed E-state index contributed by atoms with van der Waals surface area (Å²) in [6.07, 6.45) is 3.04. The fourth-order valence-electron chi connectivity index (χ4n) is 2.13. The molecule has 16 heavy (non-hydrogen) atoms. The molecular formula is C13H21NOS. The Balaban J connectivity index is 1.98. The van der Waals surface area contributed by atoms with Gasteiger partial charge in [0, 0.05) is 11.8 Å². The molecule has 0 aliphatic carbocycles. The second kappa shape index (κ2) is 4.84. The van der Waals surface area contributed by atoms with Crippen LogP contribution in [0.15, 0.2) is 22.8 Å². The van der Waals surface area contributed by atoms with Crippen molar-refractivity contribution in [2.45, 2.75) is 39.3 Å². The molecule has 1 saturated heterocycles. The first kappa shape index (κ1) is 12.1. The number of hydrogen-bond acceptors (Lipinski definition) is 3. The molecule has 1 aromatic rings. The monoisotopic (exact) mass is 239 g/mol. The molecule has 2 rings (SSSR count). The van der Waals surface area contributed by atoms with Crippen molar-refractivity contribution in [2.75, 3.05) is 11.5 Å². The maximum atomic E-state index is 5.44. The zero-order chi connectivity index (χ0) is 11.6. The molecule has 1 aromatic heterocycles. The minimum Gasteiger partial charge on any atom is -0.468 e. The third-order valence-electron chi connectivity index (χ3n) is 3.54. The van der Waals surface area contributed by atoms with Gasteiger partial charge in [-0.1, -0.05) is 13.8 Å². The molecule has 0 saturated carbocycles. The van der Waals surface area contributed by atoms with Crippen molar-refractivity contribution in [3.63, 3.8) is 0 Å². The normalized spacial score (nSPS) is 26.6. The van der Waals surface area contributed by atoms with Gasteiger partial charge in [0.25, 0.3) is 0 Å². The molecule has 1 unspecified atom stereocenters. The number of furan rings is 1. The Labute approximate surface area is 102 Å². The minimum atomic E-state index is 0.304. The van der Waals surface area contributed by atoms with Crippen LogP contribution in [0.25, 0.3) is 0 Å². The van der Waals surface area contributed by atoms with Gasteiger partial charge in [-0.25, -0.2) is 0 Å². The Bertz CT molecular complexity index is 321. The van der Waals surface area contributed by atoms with Gasteiger partial charge >= 0.3 is 0 Å². The summed E-state index contributed by atoms with van der Waals surface area (Å²) in [6.45, 7) is 6.90. The quantitative estimate of drug-likeness (QED) is 0.874. The molecule has 1 aliphatic heterocycles. The summed E-state index contributed by atoms with van der Waals surface area (Å²) in [7, 11) is 0. The molecule has 3 heteroatoms. The van der Waals surface area contributed by atoms with E-state index in [1.807, 2.05) is 12.1 Å². The lowest BCUT2D eigenvalue weighted by molar-refractivity contribution is 0.224. The number of nitrogens with one attached hydrogen (secondary N) is 1. The molecule has 0 spiro atoms. The van der Waals surface area contributed by atoms with E-state index in [1.165, 1.54) is 17.9 Å². The smallest absolute Gasteiger partial charge is 0.120 e. The maximum Gasteiger partial charge on any atom is 0.120 e. The topological polar surface area (TPSA) is 25.2 Å². The zero-order valence-corrected chi connectivity index (χ0v) is 11.1. The van der Waals surface area contributed by atoms with E-state index in [1.54, 1.807) is 6.26 Å². The summed E-state index contributed by atoms with van der Waals surface area (Å²) in [4.78, 5) is 0. The van der Waals surface area contributed by atoms with Gasteiger partial charge in [0.05, 0.1) is 12.3 Å². The second-order valence-electron chi connectivity index (χ2n) is 5.27. The summed E-state index contributed by atoms with van der Waals surface area (Å²) >= 11 is 2.05. The molecule has 0 amide bonds. The average Bonchev–Trinajstić information content (AvgIpc) is 2.74. The summed E-state index contributed by atoms with van der Waals surface area (Å²) in [6, 6.07) is 4.87. The Morgan fingerprint density at radius 3 is 3.00 bits per heavy atom. The molecule has 2 atom stereocenters. The zero-order valence-electron chi connectivity index (χ0n) is 10.3. The summed E-state index contributed by atoms with van der Waals surface area (Å²) in [5, 5.41) is 3.70. The highest BCUT2D eigenvalue weighted by Gasteiger charge is 2.33. The van der Waals surface area contributed by atoms with Crippen LogP contribution < -0.4 is 5.32 Å². The molecule has 2 heterocycles. The lowest BCUT2D eigenvalue weighted by Gasteiger charge is -2.40. The van der Waals surface area contributed by atoms with Crippen LogP contribution in [0.2, 0.25) is 0 Å². The molecular weight excluding hydrogens is 218 g/mol. The SMILES string of the molecule is C[C@@H](NC1CSCCC1(C)C)c1ccco1. The first-order valence-corrected chi connectivity index (χ1v) is 7.12. The van der Waals surface area contributed by atoms with Crippen molar-refractivity contribution in [3.05, 3.63) is 24.2 Å². The van der Waals surface area contributed by atoms with Gasteiger partial charge in [-0.3, -0.25) is 0 Å². The van der Waals surface area contributed by atoms with E-state index in [2.05, 4.69) is 37.8 Å². The van der Waals surface area contributed by atoms with E-state index >= 15 is 0 Å². The van der Waals surface area contributed by atoms with E-state index in [0.717, 1.165) is 5.76 Å². The van der Waals surface area contributed by atoms with Crippen molar-refractivity contribution in [1.82, 2.24) is 5.32 Å². The lowest BCUT2D eigenvalue weighted by atomic mass is 9.82. The van der Waals surface area contributed by atoms with E-state index in [0.29, 0.717) is 17.5 Å². The first-order valence-electron chi connectivity index (χ1n) is 5.97. The second-order valence-corrected chi connectivity index (χ2v) is 6.42. The van der Waals surface area contributed by atoms with Crippen LogP contribution >= 0.6 is 11.8 Å². The van der Waals surface area contributed by atoms with Crippen LogP contribution in [0.4, 0.5) is 0 Å². The van der Waals surface area contributed by atoms with Crippen LogP contribution in [0.3, 0.4) is 0 Å². The van der Waals surface area contributed by atoms with Gasteiger partial charge in [-0.2, -0.15) is 11.8 Å². The van der Waals surface area contributed by atoms with Crippen molar-refractivity contribution < 1.29 is 4.42 Å². The largest absolute Gasteiger partial charge is 0.468 e. The van der Waals surface area contributed by atoms with Gasteiger partial charge in [0.1, 0.15) is 5.76 Å². The summed E-state index contributed by atoms with van der Waals surface area (Å²) in [5.74, 6) is 3.53. The molecule has 2 nitrogen and oxygen atoms in total. The van der Waals surface area contributed by atoms with E-state index < -0.39 is 0 Å². The highest BCUT2D eigenvalue weighted by Crippen LogP contribution is 2.35. The lowest BCUT2D eigenvalue weighted by Crippen LogP contribution is -2.47. The molecule has 0 bridgehead atoms. The van der Waals surface area contributed by atoms with Crippen LogP contribution in [-0.4, -0.2) is 17.5 Å². The van der Waals surface area contributed by atoms with Gasteiger partial charge in [0.15, 0.2) is 0 Å². The van der Waals surface area contributed by atoms with Crippen LogP contribution in [0, 0.1) is 5.41 Å². The highest BCUT2D eigenvalue weighted by atomic mass is 32.2. The molecule has 0 radical (unpaired) electrons. The minimum absolute atomic E-state index is 0.304. The van der Waals surface area contributed by atoms with Crippen LogP contribution in [0.1, 0.15) is 39.0 Å². The predicted molar refractivity (Wildman–Crippen MR) is 69.8 cm³/mol. The summed E-state index contributed by atoms with van der Waals surface area (Å²) in [5.41, 5.74) is 0.395. The molecule has 1 aliphatic rings. The first-order chi connectivity index (χ1) is 7.59. The Morgan fingerprint density at radius 1 is 1.56 bits per heavy atom. The molecule has 1 fully saturated rings. The number of thioether (sulfide) groups is 1. The van der Waals surface area contributed by atoms with Crippen molar-refractivity contribution in [2.24, 2.45) is 5.41 Å². The fourth-order valence-corrected chi connectivity index (χ4v) is 3.75. The predicted octanol–water partition coefficient (Wildman–Crippen LogP) is 3.46. The van der Waals surface area contributed by atoms with E-state index in [9.17, 15) is 0 Å². The Kier molecular flexibility index (Phi) is 3.65. The number of hydrogen-bond donors (Lipinski definition) is 1. The summed E-state index contributed by atoms with van der Waals surface area (Å²) < 4.78 is 5.44. The average molecular weight is 239 g/mol. The van der Waals surface area contributed by atoms with Gasteiger partial charge in [-0.15, -0.1) is 0 Å². The van der Waals surface area contributed by atoms with Crippen molar-refractivity contribution >= 4 is 11.8 Å². The fraction of sp³-hybridized carbons (Fsp3) is 0.692. The van der Waals surface area contributed by atoms with Crippen LogP contribution in [0.5, 0.6) is 0 Å². The third-order valence-corrected chi connectivity index (χ3v) is 4.60. The van der Waals surface area contributed by atoms with Crippen LogP contribution in [-0.2, 0) is 0 Å². The molecule has 90 valence electrons. The standard InChI is InChI=1S/C13H21NOS/c1-10(11-5-4-7-15-11)14-12-9-16-8-6-13(12,2)3/h4-5,7,10,12,14H,6,8-9H2,1-3H3/t10-,12?/m1/s1. The van der Waals surface area contributed by atoms with Crippen molar-refractivity contribution in [3.8, 4) is 0 Å². The third kappa shape index (κ3) is 2.64. The van der Waals surface area contributed by atoms with E-state index in [4.69, 9.17) is 4.42 Å². The Hall–Kier alpha value is -0.410. The highest BCUT2D eigenvalue weighted by molar-refractivity contribution is 7.99. The van der Waals surface area contributed by atoms with Crippen molar-refractivity contribution in [1.29, 1.82) is 0 Å². The Morgan fingerprint density at radius 2 is 2.38 bits per heavy atom. The van der Waals surface area contributed by atoms with Gasteiger partial charge in [-0.05, 0) is 36.6 Å². The number of rotatable bonds is 3. The van der Waals surface area contributed by atoms with E-state index in [-0.39, 0.29) is 0 Å².